The summed E-state index contributed by atoms with van der Waals surface area (Å²) in [5.74, 6) is -0.0382. The van der Waals surface area contributed by atoms with Gasteiger partial charge in [0.15, 0.2) is 0 Å². The average molecular weight is 436 g/mol. The molecule has 1 aromatic heterocycles. The number of fused-ring (bicyclic) bond motifs is 3. The first kappa shape index (κ1) is 21.6. The fourth-order valence-corrected chi connectivity index (χ4v) is 4.55. The van der Waals surface area contributed by atoms with Gasteiger partial charge >= 0.3 is 7.12 Å². The molecule has 0 radical (unpaired) electrons. The molecule has 0 bridgehead atoms. The highest BCUT2D eigenvalue weighted by Gasteiger charge is 2.52. The molecule has 7 nitrogen and oxygen atoms in total. The molecule has 2 aromatic carbocycles. The third-order valence-electron chi connectivity index (χ3n) is 7.27. The van der Waals surface area contributed by atoms with Gasteiger partial charge in [0, 0.05) is 24.5 Å². The number of hydrogen-bond acceptors (Lipinski definition) is 6. The Morgan fingerprint density at radius 1 is 1.12 bits per heavy atom. The first-order valence-corrected chi connectivity index (χ1v) is 11.2. The molecule has 0 amide bonds. The standard InChI is InChI=1S/C24H29BN2O5/c1-23(2)24(3,4)32-25(31-23)19-11-18-21(17-8-6-5-7-16(17)19)26-14-27(22(18)29)12-15-9-10-30-13-20(15)28/h5-8,11,14-15,20,28H,9-10,12-13H2,1-4H3/t15?,20-/m0/s1. The molecule has 1 unspecified atom stereocenters. The van der Waals surface area contributed by atoms with E-state index in [0.717, 1.165) is 16.2 Å². The SMILES string of the molecule is CC1(C)OB(c2cc3c(=O)n(CC4CCOC[C@@H]4O)cnc3c3ccccc23)OC1(C)C. The van der Waals surface area contributed by atoms with Gasteiger partial charge in [-0.3, -0.25) is 9.36 Å². The number of rotatable bonds is 3. The van der Waals surface area contributed by atoms with Crippen LogP contribution in [0, 0.1) is 5.92 Å². The number of ether oxygens (including phenoxy) is 1. The summed E-state index contributed by atoms with van der Waals surface area (Å²) in [6, 6.07) is 9.77. The van der Waals surface area contributed by atoms with Crippen molar-refractivity contribution < 1.29 is 19.2 Å². The average Bonchev–Trinajstić information content (AvgIpc) is 2.98. The Labute approximate surface area is 187 Å². The molecule has 2 atom stereocenters. The van der Waals surface area contributed by atoms with Crippen molar-refractivity contribution in [1.29, 1.82) is 0 Å². The molecule has 32 heavy (non-hydrogen) atoms. The fraction of sp³-hybridized carbons (Fsp3) is 0.500. The zero-order chi connectivity index (χ0) is 22.7. The minimum absolute atomic E-state index is 0.0382. The minimum Gasteiger partial charge on any atom is -0.399 e. The minimum atomic E-state index is -0.584. The largest absolute Gasteiger partial charge is 0.495 e. The molecule has 2 aliphatic rings. The summed E-state index contributed by atoms with van der Waals surface area (Å²) in [7, 11) is -0.584. The van der Waals surface area contributed by atoms with E-state index < -0.39 is 24.4 Å². The fourth-order valence-electron chi connectivity index (χ4n) is 4.55. The van der Waals surface area contributed by atoms with E-state index in [1.54, 1.807) is 10.9 Å². The van der Waals surface area contributed by atoms with E-state index in [2.05, 4.69) is 4.98 Å². The molecule has 3 aromatic rings. The summed E-state index contributed by atoms with van der Waals surface area (Å²) in [5.41, 5.74) is 0.394. The summed E-state index contributed by atoms with van der Waals surface area (Å²) < 4.78 is 19.6. The topological polar surface area (TPSA) is 82.8 Å². The van der Waals surface area contributed by atoms with Gasteiger partial charge in [-0.15, -0.1) is 0 Å². The molecular formula is C24H29BN2O5. The molecule has 5 rings (SSSR count). The summed E-state index contributed by atoms with van der Waals surface area (Å²) >= 11 is 0. The molecular weight excluding hydrogens is 407 g/mol. The summed E-state index contributed by atoms with van der Waals surface area (Å²) in [4.78, 5) is 18.2. The van der Waals surface area contributed by atoms with Crippen LogP contribution < -0.4 is 11.0 Å². The molecule has 0 saturated carbocycles. The number of hydrogen-bond donors (Lipinski definition) is 1. The van der Waals surface area contributed by atoms with Crippen molar-refractivity contribution in [2.45, 2.75) is 58.0 Å². The third-order valence-corrected chi connectivity index (χ3v) is 7.27. The summed E-state index contributed by atoms with van der Waals surface area (Å²) in [6.45, 7) is 9.37. The molecule has 2 aliphatic heterocycles. The van der Waals surface area contributed by atoms with Crippen LogP contribution in [0.4, 0.5) is 0 Å². The lowest BCUT2D eigenvalue weighted by atomic mass is 9.75. The molecule has 168 valence electrons. The second-order valence-corrected chi connectivity index (χ2v) is 9.89. The number of aromatic nitrogens is 2. The van der Waals surface area contributed by atoms with Crippen LogP contribution in [0.3, 0.4) is 0 Å². The van der Waals surface area contributed by atoms with Crippen molar-refractivity contribution >= 4 is 34.3 Å². The second kappa shape index (κ2) is 7.66. The quantitative estimate of drug-likeness (QED) is 0.501. The lowest BCUT2D eigenvalue weighted by Crippen LogP contribution is -2.41. The van der Waals surface area contributed by atoms with Crippen LogP contribution in [-0.4, -0.2) is 52.3 Å². The van der Waals surface area contributed by atoms with E-state index >= 15 is 0 Å². The molecule has 8 heteroatoms. The second-order valence-electron chi connectivity index (χ2n) is 9.89. The zero-order valence-electron chi connectivity index (χ0n) is 19.0. The lowest BCUT2D eigenvalue weighted by Gasteiger charge is -2.32. The van der Waals surface area contributed by atoms with Gasteiger partial charge in [-0.05, 0) is 51.0 Å². The maximum Gasteiger partial charge on any atom is 0.495 e. The Bertz CT molecular complexity index is 1220. The van der Waals surface area contributed by atoms with Gasteiger partial charge in [0.2, 0.25) is 0 Å². The first-order chi connectivity index (χ1) is 15.2. The highest BCUT2D eigenvalue weighted by molar-refractivity contribution is 6.65. The Hall–Kier alpha value is -2.26. The summed E-state index contributed by atoms with van der Waals surface area (Å²) in [5, 5.41) is 12.6. The number of aliphatic hydroxyl groups is 1. The monoisotopic (exact) mass is 436 g/mol. The smallest absolute Gasteiger partial charge is 0.399 e. The zero-order valence-corrected chi connectivity index (χ0v) is 19.0. The van der Waals surface area contributed by atoms with Gasteiger partial charge in [0.05, 0.1) is 41.1 Å². The Morgan fingerprint density at radius 3 is 2.50 bits per heavy atom. The van der Waals surface area contributed by atoms with Crippen LogP contribution >= 0.6 is 0 Å². The predicted molar refractivity (Wildman–Crippen MR) is 124 cm³/mol. The van der Waals surface area contributed by atoms with Crippen LogP contribution in [0.2, 0.25) is 0 Å². The van der Waals surface area contributed by atoms with E-state index in [0.29, 0.717) is 37.1 Å². The van der Waals surface area contributed by atoms with Gasteiger partial charge in [0.25, 0.3) is 5.56 Å². The molecule has 0 spiro atoms. The number of aliphatic hydroxyl groups excluding tert-OH is 1. The molecule has 2 saturated heterocycles. The van der Waals surface area contributed by atoms with Crippen molar-refractivity contribution in [1.82, 2.24) is 9.55 Å². The van der Waals surface area contributed by atoms with Crippen LogP contribution in [0.25, 0.3) is 21.7 Å². The third kappa shape index (κ3) is 3.46. The van der Waals surface area contributed by atoms with Gasteiger partial charge < -0.3 is 19.2 Å². The molecule has 1 N–H and O–H groups in total. The van der Waals surface area contributed by atoms with Crippen LogP contribution in [-0.2, 0) is 20.6 Å². The van der Waals surface area contributed by atoms with Crippen LogP contribution in [0.15, 0.2) is 41.5 Å². The Kier molecular flexibility index (Phi) is 5.17. The highest BCUT2D eigenvalue weighted by Crippen LogP contribution is 2.37. The lowest BCUT2D eigenvalue weighted by molar-refractivity contribution is -0.0486. The van der Waals surface area contributed by atoms with Gasteiger partial charge in [-0.1, -0.05) is 24.3 Å². The van der Waals surface area contributed by atoms with E-state index in [4.69, 9.17) is 14.0 Å². The van der Waals surface area contributed by atoms with Crippen LogP contribution in [0.1, 0.15) is 34.1 Å². The van der Waals surface area contributed by atoms with Crippen molar-refractivity contribution in [3.8, 4) is 0 Å². The molecule has 0 aliphatic carbocycles. The van der Waals surface area contributed by atoms with Gasteiger partial charge in [-0.25, -0.2) is 4.98 Å². The van der Waals surface area contributed by atoms with Crippen molar-refractivity contribution in [3.05, 3.63) is 47.0 Å². The van der Waals surface area contributed by atoms with Gasteiger partial charge in [0.1, 0.15) is 0 Å². The van der Waals surface area contributed by atoms with Crippen LogP contribution in [0.5, 0.6) is 0 Å². The summed E-state index contributed by atoms with van der Waals surface area (Å²) in [6.07, 6.45) is 1.72. The Morgan fingerprint density at radius 2 is 1.81 bits per heavy atom. The van der Waals surface area contributed by atoms with Crippen molar-refractivity contribution in [2.24, 2.45) is 5.92 Å². The number of benzene rings is 2. The van der Waals surface area contributed by atoms with Crippen molar-refractivity contribution in [3.63, 3.8) is 0 Å². The highest BCUT2D eigenvalue weighted by atomic mass is 16.7. The number of nitrogens with zero attached hydrogens (tertiary/aromatic N) is 2. The normalized spacial score (nSPS) is 25.0. The van der Waals surface area contributed by atoms with E-state index in [1.165, 1.54) is 0 Å². The van der Waals surface area contributed by atoms with E-state index in [-0.39, 0.29) is 11.5 Å². The predicted octanol–water partition coefficient (Wildman–Crippen LogP) is 2.25. The van der Waals surface area contributed by atoms with Crippen molar-refractivity contribution in [2.75, 3.05) is 13.2 Å². The van der Waals surface area contributed by atoms with Gasteiger partial charge in [-0.2, -0.15) is 0 Å². The van der Waals surface area contributed by atoms with E-state index in [9.17, 15) is 9.90 Å². The van der Waals surface area contributed by atoms with E-state index in [1.807, 2.05) is 58.0 Å². The maximum absolute atomic E-state index is 13.5. The molecule has 2 fully saturated rings. The Balaban J connectivity index is 1.64. The maximum atomic E-state index is 13.5. The first-order valence-electron chi connectivity index (χ1n) is 11.2. The molecule has 3 heterocycles.